The third-order valence-electron chi connectivity index (χ3n) is 2.45. The summed E-state index contributed by atoms with van der Waals surface area (Å²) in [5, 5.41) is 9.97. The highest BCUT2D eigenvalue weighted by molar-refractivity contribution is 5.30. The van der Waals surface area contributed by atoms with Gasteiger partial charge in [0.05, 0.1) is 12.2 Å². The van der Waals surface area contributed by atoms with Crippen LogP contribution in [0.4, 0.5) is 0 Å². The highest BCUT2D eigenvalue weighted by Crippen LogP contribution is 2.22. The zero-order chi connectivity index (χ0) is 12.1. The maximum Gasteiger partial charge on any atom is 0.120 e. The molecule has 3 N–H and O–H groups in total. The van der Waals surface area contributed by atoms with Gasteiger partial charge in [-0.25, -0.2) is 0 Å². The molecule has 0 amide bonds. The molecule has 0 spiro atoms. The summed E-state index contributed by atoms with van der Waals surface area (Å²) < 4.78 is 5.57. The van der Waals surface area contributed by atoms with E-state index in [1.165, 1.54) is 0 Å². The van der Waals surface area contributed by atoms with E-state index in [4.69, 9.17) is 10.5 Å². The first-order valence-corrected chi connectivity index (χ1v) is 5.74. The fourth-order valence-electron chi connectivity index (χ4n) is 1.51. The van der Waals surface area contributed by atoms with Gasteiger partial charge in [0.2, 0.25) is 0 Å². The van der Waals surface area contributed by atoms with Crippen LogP contribution in [-0.2, 0) is 0 Å². The third-order valence-corrected chi connectivity index (χ3v) is 2.45. The Balaban J connectivity index is 2.81. The van der Waals surface area contributed by atoms with E-state index in [2.05, 4.69) is 0 Å². The Morgan fingerprint density at radius 1 is 1.38 bits per heavy atom. The van der Waals surface area contributed by atoms with E-state index in [0.717, 1.165) is 17.7 Å². The minimum absolute atomic E-state index is 0.132. The highest BCUT2D eigenvalue weighted by Gasteiger charge is 2.15. The molecule has 0 saturated heterocycles. The van der Waals surface area contributed by atoms with Crippen LogP contribution in [0.3, 0.4) is 0 Å². The lowest BCUT2D eigenvalue weighted by atomic mass is 10.0. The number of aliphatic hydroxyl groups excluding tert-OH is 1. The Labute approximate surface area is 97.2 Å². The van der Waals surface area contributed by atoms with Crippen molar-refractivity contribution in [2.24, 2.45) is 5.73 Å². The van der Waals surface area contributed by atoms with Crippen LogP contribution in [0.5, 0.6) is 5.75 Å². The molecule has 2 atom stereocenters. The van der Waals surface area contributed by atoms with Gasteiger partial charge < -0.3 is 15.6 Å². The summed E-state index contributed by atoms with van der Waals surface area (Å²) in [6.07, 6.45) is 0.254. The summed E-state index contributed by atoms with van der Waals surface area (Å²) in [6, 6.07) is 7.24. The molecule has 0 aliphatic carbocycles. The molecule has 0 fully saturated rings. The number of aliphatic hydroxyl groups is 1. The lowest BCUT2D eigenvalue weighted by Gasteiger charge is -2.18. The van der Waals surface area contributed by atoms with Gasteiger partial charge in [0, 0.05) is 6.04 Å². The van der Waals surface area contributed by atoms with E-state index < -0.39 is 6.10 Å². The molecule has 1 rings (SSSR count). The van der Waals surface area contributed by atoms with E-state index in [1.54, 1.807) is 0 Å². The van der Waals surface area contributed by atoms with Crippen LogP contribution in [0, 0.1) is 0 Å². The summed E-state index contributed by atoms with van der Waals surface area (Å²) in [5.41, 5.74) is 6.62. The lowest BCUT2D eigenvalue weighted by molar-refractivity contribution is 0.143. The summed E-state index contributed by atoms with van der Waals surface area (Å²) in [5.74, 6) is 0.773. The molecule has 0 aliphatic heterocycles. The Bertz CT molecular complexity index is 325. The van der Waals surface area contributed by atoms with Crippen LogP contribution in [0.1, 0.15) is 38.9 Å². The number of nitrogens with two attached hydrogens (primary N) is 1. The van der Waals surface area contributed by atoms with Gasteiger partial charge in [0.15, 0.2) is 0 Å². The van der Waals surface area contributed by atoms with Crippen LogP contribution in [0.25, 0.3) is 0 Å². The Morgan fingerprint density at radius 2 is 2.06 bits per heavy atom. The van der Waals surface area contributed by atoms with Gasteiger partial charge in [0.25, 0.3) is 0 Å². The molecule has 0 heterocycles. The van der Waals surface area contributed by atoms with Gasteiger partial charge in [-0.2, -0.15) is 0 Å². The molecule has 1 aromatic carbocycles. The van der Waals surface area contributed by atoms with Crippen LogP contribution in [-0.4, -0.2) is 17.3 Å². The van der Waals surface area contributed by atoms with Crippen molar-refractivity contribution in [2.75, 3.05) is 0 Å². The zero-order valence-corrected chi connectivity index (χ0v) is 10.2. The van der Waals surface area contributed by atoms with E-state index in [9.17, 15) is 5.11 Å². The molecule has 0 saturated carbocycles. The van der Waals surface area contributed by atoms with Gasteiger partial charge >= 0.3 is 0 Å². The van der Waals surface area contributed by atoms with Gasteiger partial charge in [-0.15, -0.1) is 0 Å². The Hall–Kier alpha value is -1.06. The van der Waals surface area contributed by atoms with Gasteiger partial charge in [-0.1, -0.05) is 19.1 Å². The van der Waals surface area contributed by atoms with Gasteiger partial charge in [-0.3, -0.25) is 0 Å². The molecule has 2 unspecified atom stereocenters. The normalized spacial score (nSPS) is 14.9. The third kappa shape index (κ3) is 3.51. The van der Waals surface area contributed by atoms with E-state index >= 15 is 0 Å². The van der Waals surface area contributed by atoms with Crippen LogP contribution >= 0.6 is 0 Å². The smallest absolute Gasteiger partial charge is 0.120 e. The van der Waals surface area contributed by atoms with Crippen molar-refractivity contribution in [3.63, 3.8) is 0 Å². The monoisotopic (exact) mass is 223 g/mol. The summed E-state index contributed by atoms with van der Waals surface area (Å²) in [6.45, 7) is 5.91. The van der Waals surface area contributed by atoms with E-state index in [1.807, 2.05) is 45.0 Å². The standard InChI is InChI=1S/C13H21NO2/c1-4-12(14)13(15)10-6-5-7-11(8-10)16-9(2)3/h5-9,12-13,15H,4,14H2,1-3H3. The molecule has 16 heavy (non-hydrogen) atoms. The molecule has 90 valence electrons. The molecule has 1 aromatic rings. The molecule has 3 nitrogen and oxygen atoms in total. The highest BCUT2D eigenvalue weighted by atomic mass is 16.5. The zero-order valence-electron chi connectivity index (χ0n) is 10.2. The quantitative estimate of drug-likeness (QED) is 0.805. The van der Waals surface area contributed by atoms with Crippen LogP contribution in [0.2, 0.25) is 0 Å². The number of ether oxygens (including phenoxy) is 1. The maximum atomic E-state index is 9.97. The Morgan fingerprint density at radius 3 is 2.62 bits per heavy atom. The summed E-state index contributed by atoms with van der Waals surface area (Å²) in [7, 11) is 0. The van der Waals surface area contributed by atoms with Crippen molar-refractivity contribution in [1.29, 1.82) is 0 Å². The molecule has 0 aromatic heterocycles. The first kappa shape index (κ1) is 13.0. The fourth-order valence-corrected chi connectivity index (χ4v) is 1.51. The first-order valence-electron chi connectivity index (χ1n) is 5.74. The summed E-state index contributed by atoms with van der Waals surface area (Å²) >= 11 is 0. The van der Waals surface area contributed by atoms with Gasteiger partial charge in [-0.05, 0) is 38.0 Å². The molecular weight excluding hydrogens is 202 g/mol. The number of benzene rings is 1. The minimum atomic E-state index is -0.624. The van der Waals surface area contributed by atoms with Crippen molar-refractivity contribution in [3.05, 3.63) is 29.8 Å². The molecule has 0 bridgehead atoms. The summed E-state index contributed by atoms with van der Waals surface area (Å²) in [4.78, 5) is 0. The lowest BCUT2D eigenvalue weighted by Crippen LogP contribution is -2.27. The number of rotatable bonds is 5. The average molecular weight is 223 g/mol. The number of hydrogen-bond donors (Lipinski definition) is 2. The van der Waals surface area contributed by atoms with Crippen LogP contribution in [0.15, 0.2) is 24.3 Å². The van der Waals surface area contributed by atoms with Crippen molar-refractivity contribution in [3.8, 4) is 5.75 Å². The van der Waals surface area contributed by atoms with Crippen molar-refractivity contribution in [2.45, 2.75) is 45.4 Å². The average Bonchev–Trinajstić information content (AvgIpc) is 2.26. The predicted octanol–water partition coefficient (Wildman–Crippen LogP) is 2.24. The predicted molar refractivity (Wildman–Crippen MR) is 65.4 cm³/mol. The second-order valence-electron chi connectivity index (χ2n) is 4.26. The van der Waals surface area contributed by atoms with Crippen molar-refractivity contribution >= 4 is 0 Å². The minimum Gasteiger partial charge on any atom is -0.491 e. The maximum absolute atomic E-state index is 9.97. The van der Waals surface area contributed by atoms with E-state index in [0.29, 0.717) is 0 Å². The molecule has 0 radical (unpaired) electrons. The van der Waals surface area contributed by atoms with E-state index in [-0.39, 0.29) is 12.1 Å². The first-order chi connectivity index (χ1) is 7.54. The fraction of sp³-hybridized carbons (Fsp3) is 0.538. The molecular formula is C13H21NO2. The Kier molecular flexibility index (Phi) is 4.77. The molecule has 3 heteroatoms. The topological polar surface area (TPSA) is 55.5 Å². The second kappa shape index (κ2) is 5.87. The molecule has 0 aliphatic rings. The van der Waals surface area contributed by atoms with Crippen LogP contribution < -0.4 is 10.5 Å². The SMILES string of the molecule is CCC(N)C(O)c1cccc(OC(C)C)c1. The largest absolute Gasteiger partial charge is 0.491 e. The number of hydrogen-bond acceptors (Lipinski definition) is 3. The van der Waals surface area contributed by atoms with Gasteiger partial charge in [0.1, 0.15) is 5.75 Å². The second-order valence-corrected chi connectivity index (χ2v) is 4.26. The van der Waals surface area contributed by atoms with Crippen molar-refractivity contribution < 1.29 is 9.84 Å². The van der Waals surface area contributed by atoms with Crippen molar-refractivity contribution in [1.82, 2.24) is 0 Å².